The Hall–Kier alpha value is -2.83. The second-order valence-electron chi connectivity index (χ2n) is 11.3. The summed E-state index contributed by atoms with van der Waals surface area (Å²) in [7, 11) is -2.64. The Kier molecular flexibility index (Phi) is 10.6. The molecule has 232 valence electrons. The van der Waals surface area contributed by atoms with Crippen LogP contribution in [0.2, 0.25) is 5.02 Å². The van der Waals surface area contributed by atoms with Crippen LogP contribution < -0.4 is 5.32 Å². The molecule has 13 heteroatoms. The van der Waals surface area contributed by atoms with Crippen LogP contribution in [-0.4, -0.2) is 67.2 Å². The van der Waals surface area contributed by atoms with Gasteiger partial charge in [-0.05, 0) is 94.9 Å². The molecule has 2 atom stereocenters. The van der Waals surface area contributed by atoms with Gasteiger partial charge >= 0.3 is 12.3 Å². The summed E-state index contributed by atoms with van der Waals surface area (Å²) < 4.78 is 75.1. The molecule has 0 bridgehead atoms. The average molecular weight is 632 g/mol. The third kappa shape index (κ3) is 8.61. The average Bonchev–Trinajstić information content (AvgIpc) is 3.43. The molecule has 1 aliphatic rings. The molecule has 42 heavy (non-hydrogen) atoms. The van der Waals surface area contributed by atoms with Gasteiger partial charge in [0.2, 0.25) is 10.0 Å². The van der Waals surface area contributed by atoms with E-state index in [4.69, 9.17) is 16.3 Å². The Bertz CT molecular complexity index is 1390. The van der Waals surface area contributed by atoms with Crippen LogP contribution in [0.25, 0.3) is 0 Å². The second-order valence-corrected chi connectivity index (χ2v) is 13.9. The van der Waals surface area contributed by atoms with E-state index < -0.39 is 63.3 Å². The summed E-state index contributed by atoms with van der Waals surface area (Å²) in [5, 5.41) is 3.51. The summed E-state index contributed by atoms with van der Waals surface area (Å²) in [4.78, 5) is 27.7. The maximum absolute atomic E-state index is 14.4. The molecule has 1 unspecified atom stereocenters. The fraction of sp³-hybridized carbons (Fsp3) is 0.517. The van der Waals surface area contributed by atoms with Crippen LogP contribution in [0, 0.1) is 5.92 Å². The zero-order valence-corrected chi connectivity index (χ0v) is 25.9. The van der Waals surface area contributed by atoms with E-state index in [2.05, 4.69) is 5.32 Å². The van der Waals surface area contributed by atoms with Gasteiger partial charge in [-0.1, -0.05) is 29.8 Å². The first-order valence-corrected chi connectivity index (χ1v) is 15.6. The van der Waals surface area contributed by atoms with E-state index in [0.29, 0.717) is 40.5 Å². The van der Waals surface area contributed by atoms with Crippen LogP contribution in [0.4, 0.5) is 18.0 Å². The molecule has 0 saturated carbocycles. The van der Waals surface area contributed by atoms with Crippen molar-refractivity contribution in [3.63, 3.8) is 0 Å². The van der Waals surface area contributed by atoms with Crippen LogP contribution in [0.15, 0.2) is 42.5 Å². The molecule has 8 nitrogen and oxygen atoms in total. The highest BCUT2D eigenvalue weighted by Gasteiger charge is 2.39. The first-order valence-electron chi connectivity index (χ1n) is 13.6. The molecular formula is C29H37ClF3N3O5S. The summed E-state index contributed by atoms with van der Waals surface area (Å²) in [6.07, 6.45) is -4.99. The molecule has 2 aromatic rings. The number of carbonyl (C=O) groups is 2. The van der Waals surface area contributed by atoms with Crippen molar-refractivity contribution in [2.45, 2.75) is 64.9 Å². The van der Waals surface area contributed by atoms with E-state index >= 15 is 0 Å². The fourth-order valence-electron chi connectivity index (χ4n) is 4.87. The van der Waals surface area contributed by atoms with Crippen molar-refractivity contribution in [2.24, 2.45) is 5.92 Å². The zero-order chi connectivity index (χ0) is 31.5. The van der Waals surface area contributed by atoms with Crippen molar-refractivity contribution in [1.29, 1.82) is 0 Å². The number of nitrogens with one attached hydrogen (secondary N) is 1. The van der Waals surface area contributed by atoms with Crippen molar-refractivity contribution in [2.75, 3.05) is 25.9 Å². The largest absolute Gasteiger partial charge is 0.444 e. The van der Waals surface area contributed by atoms with E-state index in [1.807, 2.05) is 0 Å². The molecule has 0 aromatic heterocycles. The number of amides is 2. The van der Waals surface area contributed by atoms with E-state index in [1.165, 1.54) is 37.1 Å². The summed E-state index contributed by atoms with van der Waals surface area (Å²) in [6, 6.07) is 8.65. The molecule has 3 rings (SSSR count). The highest BCUT2D eigenvalue weighted by Crippen LogP contribution is 2.35. The van der Waals surface area contributed by atoms with Gasteiger partial charge in [0, 0.05) is 23.7 Å². The molecule has 1 N–H and O–H groups in total. The molecular weight excluding hydrogens is 595 g/mol. The smallest absolute Gasteiger partial charge is 0.416 e. The zero-order valence-electron chi connectivity index (χ0n) is 24.3. The van der Waals surface area contributed by atoms with Gasteiger partial charge in [0.15, 0.2) is 0 Å². The lowest BCUT2D eigenvalue weighted by Crippen LogP contribution is -2.46. The molecule has 2 aromatic carbocycles. The van der Waals surface area contributed by atoms with Crippen molar-refractivity contribution in [1.82, 2.24) is 14.5 Å². The number of alkyl halides is 3. The van der Waals surface area contributed by atoms with Crippen molar-refractivity contribution in [3.8, 4) is 0 Å². The van der Waals surface area contributed by atoms with E-state index in [1.54, 1.807) is 39.0 Å². The maximum Gasteiger partial charge on any atom is 0.416 e. The Balaban J connectivity index is 2.01. The Morgan fingerprint density at radius 1 is 1.14 bits per heavy atom. The van der Waals surface area contributed by atoms with Gasteiger partial charge < -0.3 is 15.0 Å². The topological polar surface area (TPSA) is 96.0 Å². The van der Waals surface area contributed by atoms with Crippen LogP contribution in [0.1, 0.15) is 61.2 Å². The molecule has 0 aliphatic carbocycles. The Labute approximate surface area is 250 Å². The van der Waals surface area contributed by atoms with Crippen molar-refractivity contribution >= 4 is 33.6 Å². The SMILES string of the molecule is CCS(=O)(=O)N(Cc1cccc(Cl)c1)C(=O)c1ccc(C[C@@H](C2CCNC2)N(C)C(=O)OC(C)(C)C)c(C(F)(F)F)c1. The molecule has 0 radical (unpaired) electrons. The van der Waals surface area contributed by atoms with Gasteiger partial charge in [-0.25, -0.2) is 17.5 Å². The quantitative estimate of drug-likeness (QED) is 0.379. The number of rotatable bonds is 9. The molecule has 2 amide bonds. The molecule has 1 saturated heterocycles. The normalized spacial score (nSPS) is 16.6. The Morgan fingerprint density at radius 2 is 1.83 bits per heavy atom. The predicted molar refractivity (Wildman–Crippen MR) is 155 cm³/mol. The van der Waals surface area contributed by atoms with E-state index in [9.17, 15) is 31.2 Å². The monoisotopic (exact) mass is 631 g/mol. The molecule has 1 aliphatic heterocycles. The van der Waals surface area contributed by atoms with E-state index in [-0.39, 0.29) is 17.9 Å². The fourth-order valence-corrected chi connectivity index (χ4v) is 6.10. The number of nitrogens with zero attached hydrogens (tertiary/aromatic N) is 2. The minimum absolute atomic E-state index is 0.119. The van der Waals surface area contributed by atoms with Crippen LogP contribution in [0.5, 0.6) is 0 Å². The van der Waals surface area contributed by atoms with Crippen LogP contribution >= 0.6 is 11.6 Å². The number of ether oxygens (including phenoxy) is 1. The minimum atomic E-state index is -4.85. The van der Waals surface area contributed by atoms with E-state index in [0.717, 1.165) is 0 Å². The lowest BCUT2D eigenvalue weighted by molar-refractivity contribution is -0.138. The number of benzene rings is 2. The number of sulfonamides is 1. The maximum atomic E-state index is 14.4. The van der Waals surface area contributed by atoms with Crippen molar-refractivity contribution in [3.05, 3.63) is 69.7 Å². The molecule has 0 spiro atoms. The second kappa shape index (κ2) is 13.2. The van der Waals surface area contributed by atoms with Gasteiger partial charge in [0.1, 0.15) is 5.60 Å². The first kappa shape index (κ1) is 33.7. The van der Waals surface area contributed by atoms with Gasteiger partial charge in [0.05, 0.1) is 17.9 Å². The lowest BCUT2D eigenvalue weighted by Gasteiger charge is -2.34. The number of hydrogen-bond acceptors (Lipinski definition) is 6. The van der Waals surface area contributed by atoms with Crippen LogP contribution in [0.3, 0.4) is 0 Å². The summed E-state index contributed by atoms with van der Waals surface area (Å²) in [6.45, 7) is 7.25. The first-order chi connectivity index (χ1) is 19.4. The van der Waals surface area contributed by atoms with Gasteiger partial charge in [-0.3, -0.25) is 4.79 Å². The highest BCUT2D eigenvalue weighted by atomic mass is 35.5. The molecule has 1 fully saturated rings. The van der Waals surface area contributed by atoms with Gasteiger partial charge in [-0.15, -0.1) is 0 Å². The lowest BCUT2D eigenvalue weighted by atomic mass is 9.89. The summed E-state index contributed by atoms with van der Waals surface area (Å²) >= 11 is 6.01. The third-order valence-electron chi connectivity index (χ3n) is 7.06. The number of carbonyl (C=O) groups excluding carboxylic acids is 2. The Morgan fingerprint density at radius 3 is 2.38 bits per heavy atom. The predicted octanol–water partition coefficient (Wildman–Crippen LogP) is 5.74. The third-order valence-corrected chi connectivity index (χ3v) is 8.99. The summed E-state index contributed by atoms with van der Waals surface area (Å²) in [5.41, 5.74) is -2.01. The number of hydrogen-bond donors (Lipinski definition) is 1. The van der Waals surface area contributed by atoms with Gasteiger partial charge in [-0.2, -0.15) is 13.2 Å². The minimum Gasteiger partial charge on any atom is -0.444 e. The molecule has 1 heterocycles. The summed E-state index contributed by atoms with van der Waals surface area (Å²) in [5.74, 6) is -1.65. The van der Waals surface area contributed by atoms with Gasteiger partial charge in [0.25, 0.3) is 5.91 Å². The van der Waals surface area contributed by atoms with Crippen LogP contribution in [-0.2, 0) is 33.9 Å². The number of halogens is 4. The highest BCUT2D eigenvalue weighted by molar-refractivity contribution is 7.89. The standard InChI is InChI=1S/C29H37ClF3N3O5S/c1-6-42(39,40)36(18-19-8-7-9-23(30)14-19)26(37)21-11-10-20(24(15-21)29(31,32)33)16-25(22-12-13-34-17-22)35(5)27(38)41-28(2,3)4/h7-11,14-15,22,25,34H,6,12-13,16-18H2,1-5H3/t22?,25-/m0/s1. The van der Waals surface area contributed by atoms with Crippen molar-refractivity contribution < 1.29 is 35.9 Å². The number of likely N-dealkylation sites (N-methyl/N-ethyl adjacent to an activating group) is 1.